The fraction of sp³-hybridized carbons (Fsp3) is 0.286. The molecule has 4 rings (SSSR count). The molecular weight excluding hydrogens is 439 g/mol. The minimum atomic E-state index is -3.61. The zero-order chi connectivity index (χ0) is 22.0. The van der Waals surface area contributed by atoms with E-state index in [0.717, 1.165) is 17.8 Å². The maximum atomic E-state index is 13.3. The third-order valence-corrected chi connectivity index (χ3v) is 8.27. The summed E-state index contributed by atoms with van der Waals surface area (Å²) in [4.78, 5) is 12.7. The van der Waals surface area contributed by atoms with Crippen molar-refractivity contribution in [2.75, 3.05) is 18.4 Å². The number of aromatic nitrogens is 2. The number of nitrogens with zero attached hydrogens (tertiary/aromatic N) is 3. The monoisotopic (exact) mass is 460 g/mol. The number of benzene rings is 2. The second-order valence-electron chi connectivity index (χ2n) is 7.38. The summed E-state index contributed by atoms with van der Waals surface area (Å²) in [6.07, 6.45) is 1.46. The Morgan fingerprint density at radius 3 is 2.77 bits per heavy atom. The second kappa shape index (κ2) is 8.81. The Bertz CT molecular complexity index is 1210. The van der Waals surface area contributed by atoms with Crippen LogP contribution in [0.2, 0.25) is 0 Å². The van der Waals surface area contributed by atoms with Crippen LogP contribution in [-0.2, 0) is 10.0 Å². The molecule has 7 nitrogen and oxygen atoms in total. The summed E-state index contributed by atoms with van der Waals surface area (Å²) in [6, 6.07) is 12.5. The van der Waals surface area contributed by atoms with Gasteiger partial charge in [0.25, 0.3) is 5.91 Å². The number of piperidine rings is 1. The molecule has 0 spiro atoms. The van der Waals surface area contributed by atoms with Crippen LogP contribution in [0.1, 0.15) is 39.1 Å². The van der Waals surface area contributed by atoms with Gasteiger partial charge in [0.2, 0.25) is 15.0 Å². The van der Waals surface area contributed by atoms with Gasteiger partial charge in [-0.15, -0.1) is 10.2 Å². The quantitative estimate of drug-likeness (QED) is 0.625. The number of hydrogen-bond donors (Lipinski definition) is 1. The molecule has 31 heavy (non-hydrogen) atoms. The summed E-state index contributed by atoms with van der Waals surface area (Å²) in [6.45, 7) is 2.51. The molecule has 1 amide bonds. The van der Waals surface area contributed by atoms with E-state index in [1.165, 1.54) is 22.5 Å². The van der Waals surface area contributed by atoms with E-state index >= 15 is 0 Å². The number of amides is 1. The van der Waals surface area contributed by atoms with Gasteiger partial charge in [0.1, 0.15) is 10.8 Å². The van der Waals surface area contributed by atoms with E-state index in [9.17, 15) is 17.6 Å². The minimum absolute atomic E-state index is 0.138. The summed E-state index contributed by atoms with van der Waals surface area (Å²) in [7, 11) is -3.61. The van der Waals surface area contributed by atoms with Crippen LogP contribution in [0.4, 0.5) is 10.1 Å². The molecule has 3 aromatic rings. The molecule has 10 heteroatoms. The molecule has 1 aliphatic heterocycles. The largest absolute Gasteiger partial charge is 0.320 e. The van der Waals surface area contributed by atoms with Crippen molar-refractivity contribution in [1.29, 1.82) is 0 Å². The fourth-order valence-electron chi connectivity index (χ4n) is 3.59. The van der Waals surface area contributed by atoms with Crippen molar-refractivity contribution in [3.8, 4) is 0 Å². The number of carbonyl (C=O) groups excluding carboxylic acids is 1. The molecule has 1 saturated heterocycles. The molecule has 2 aromatic carbocycles. The van der Waals surface area contributed by atoms with Crippen molar-refractivity contribution in [3.05, 3.63) is 69.9 Å². The van der Waals surface area contributed by atoms with Gasteiger partial charge in [-0.05, 0) is 49.6 Å². The molecule has 2 heterocycles. The van der Waals surface area contributed by atoms with E-state index in [0.29, 0.717) is 34.1 Å². The van der Waals surface area contributed by atoms with Crippen molar-refractivity contribution >= 4 is 33.0 Å². The first kappa shape index (κ1) is 21.5. The van der Waals surface area contributed by atoms with Crippen LogP contribution < -0.4 is 5.32 Å². The molecule has 0 aliphatic carbocycles. The van der Waals surface area contributed by atoms with Gasteiger partial charge < -0.3 is 5.32 Å². The van der Waals surface area contributed by atoms with E-state index in [1.807, 2.05) is 6.07 Å². The molecule has 1 fully saturated rings. The smallest absolute Gasteiger partial charge is 0.286 e. The second-order valence-corrected chi connectivity index (χ2v) is 10.3. The zero-order valence-corrected chi connectivity index (χ0v) is 18.4. The number of nitrogens with one attached hydrogen (secondary N) is 1. The van der Waals surface area contributed by atoms with Crippen molar-refractivity contribution in [3.63, 3.8) is 0 Å². The molecule has 0 radical (unpaired) electrons. The van der Waals surface area contributed by atoms with Crippen LogP contribution in [-0.4, -0.2) is 41.9 Å². The maximum Gasteiger partial charge on any atom is 0.286 e. The summed E-state index contributed by atoms with van der Waals surface area (Å²) >= 11 is 1.13. The SMILES string of the molecule is Cc1ccccc1S(=O)(=O)N1CCC[C@H](c2nnc(C(=O)Nc3cccc(F)c3)s2)C1. The van der Waals surface area contributed by atoms with Gasteiger partial charge in [-0.2, -0.15) is 4.31 Å². The Balaban J connectivity index is 1.49. The van der Waals surface area contributed by atoms with E-state index in [-0.39, 0.29) is 17.5 Å². The molecule has 162 valence electrons. The third kappa shape index (κ3) is 4.65. The number of rotatable bonds is 5. The highest BCUT2D eigenvalue weighted by atomic mass is 32.2. The predicted molar refractivity (Wildman–Crippen MR) is 116 cm³/mol. The van der Waals surface area contributed by atoms with Crippen LogP contribution in [0.5, 0.6) is 0 Å². The van der Waals surface area contributed by atoms with Gasteiger partial charge in [0, 0.05) is 24.7 Å². The molecule has 1 atom stereocenters. The fourth-order valence-corrected chi connectivity index (χ4v) is 6.20. The lowest BCUT2D eigenvalue weighted by Crippen LogP contribution is -2.39. The lowest BCUT2D eigenvalue weighted by Gasteiger charge is -2.31. The molecule has 0 bridgehead atoms. The lowest BCUT2D eigenvalue weighted by molar-refractivity contribution is 0.102. The van der Waals surface area contributed by atoms with Crippen LogP contribution >= 0.6 is 11.3 Å². The summed E-state index contributed by atoms with van der Waals surface area (Å²) in [5, 5.41) is 11.5. The number of aryl methyl sites for hydroxylation is 1. The Labute approximate surface area is 184 Å². The summed E-state index contributed by atoms with van der Waals surface area (Å²) < 4.78 is 41.1. The number of sulfonamides is 1. The van der Waals surface area contributed by atoms with Crippen molar-refractivity contribution < 1.29 is 17.6 Å². The topological polar surface area (TPSA) is 92.3 Å². The molecule has 1 N–H and O–H groups in total. The molecule has 0 saturated carbocycles. The van der Waals surface area contributed by atoms with Crippen molar-refractivity contribution in [2.45, 2.75) is 30.6 Å². The third-order valence-electron chi connectivity index (χ3n) is 5.16. The Morgan fingerprint density at radius 1 is 1.19 bits per heavy atom. The Kier molecular flexibility index (Phi) is 6.12. The highest BCUT2D eigenvalue weighted by Crippen LogP contribution is 2.32. The molecular formula is C21H21FN4O3S2. The first-order chi connectivity index (χ1) is 14.8. The van der Waals surface area contributed by atoms with Crippen LogP contribution in [0.15, 0.2) is 53.4 Å². The predicted octanol–water partition coefficient (Wildman–Crippen LogP) is 3.81. The van der Waals surface area contributed by atoms with E-state index in [1.54, 1.807) is 31.2 Å². The number of hydrogen-bond acceptors (Lipinski definition) is 6. The van der Waals surface area contributed by atoms with Crippen LogP contribution in [0.3, 0.4) is 0 Å². The van der Waals surface area contributed by atoms with Gasteiger partial charge in [-0.3, -0.25) is 4.79 Å². The van der Waals surface area contributed by atoms with Gasteiger partial charge >= 0.3 is 0 Å². The van der Waals surface area contributed by atoms with E-state index in [4.69, 9.17) is 0 Å². The normalized spacial score (nSPS) is 17.4. The maximum absolute atomic E-state index is 13.3. The van der Waals surface area contributed by atoms with Gasteiger partial charge in [-0.25, -0.2) is 12.8 Å². The average molecular weight is 461 g/mol. The van der Waals surface area contributed by atoms with E-state index in [2.05, 4.69) is 15.5 Å². The van der Waals surface area contributed by atoms with Crippen molar-refractivity contribution in [2.24, 2.45) is 0 Å². The van der Waals surface area contributed by atoms with Gasteiger partial charge in [-0.1, -0.05) is 35.6 Å². The zero-order valence-electron chi connectivity index (χ0n) is 16.8. The molecule has 0 unspecified atom stereocenters. The highest BCUT2D eigenvalue weighted by Gasteiger charge is 2.33. The summed E-state index contributed by atoms with van der Waals surface area (Å²) in [5.41, 5.74) is 1.03. The number of carbonyl (C=O) groups is 1. The molecule has 1 aromatic heterocycles. The standard InChI is InChI=1S/C21H21FN4O3S2/c1-14-6-2-3-10-18(14)31(28,29)26-11-5-7-15(13-26)20-24-25-21(30-20)19(27)23-17-9-4-8-16(22)12-17/h2-4,6,8-10,12,15H,5,7,11,13H2,1H3,(H,23,27)/t15-/m0/s1. The van der Waals surface area contributed by atoms with E-state index < -0.39 is 21.7 Å². The molecule has 1 aliphatic rings. The van der Waals surface area contributed by atoms with Crippen LogP contribution in [0, 0.1) is 12.7 Å². The minimum Gasteiger partial charge on any atom is -0.320 e. The Morgan fingerprint density at radius 2 is 2.00 bits per heavy atom. The lowest BCUT2D eigenvalue weighted by atomic mass is 10.0. The Hall–Kier alpha value is -2.69. The first-order valence-electron chi connectivity index (χ1n) is 9.80. The van der Waals surface area contributed by atoms with Crippen molar-refractivity contribution in [1.82, 2.24) is 14.5 Å². The number of anilines is 1. The van der Waals surface area contributed by atoms with Gasteiger partial charge in [0.15, 0.2) is 0 Å². The number of halogens is 1. The van der Waals surface area contributed by atoms with Gasteiger partial charge in [0.05, 0.1) is 4.90 Å². The summed E-state index contributed by atoms with van der Waals surface area (Å²) in [5.74, 6) is -1.07. The first-order valence-corrected chi connectivity index (χ1v) is 12.1. The van der Waals surface area contributed by atoms with Crippen LogP contribution in [0.25, 0.3) is 0 Å². The highest BCUT2D eigenvalue weighted by molar-refractivity contribution is 7.89. The average Bonchev–Trinajstić information content (AvgIpc) is 3.25.